The lowest BCUT2D eigenvalue weighted by atomic mass is 9.88. The molecule has 1 aliphatic heterocycles. The number of carbonyl (C=O) groups excluding carboxylic acids is 1. The number of aromatic nitrogens is 2. The third kappa shape index (κ3) is 4.13. The van der Waals surface area contributed by atoms with Gasteiger partial charge in [-0.1, -0.05) is 11.2 Å². The lowest BCUT2D eigenvalue weighted by Gasteiger charge is -2.19. The summed E-state index contributed by atoms with van der Waals surface area (Å²) in [5.74, 6) is -2.32. The number of hydrogen-bond donors (Lipinski definition) is 0. The quantitative estimate of drug-likeness (QED) is 0.417. The average molecular weight is 463 g/mol. The number of ether oxygens (including phenoxy) is 2. The van der Waals surface area contributed by atoms with Crippen LogP contribution in [0.2, 0.25) is 0 Å². The van der Waals surface area contributed by atoms with Gasteiger partial charge in [0.25, 0.3) is 0 Å². The maximum absolute atomic E-state index is 14.1. The molecule has 2 aromatic carbocycles. The summed E-state index contributed by atoms with van der Waals surface area (Å²) in [6, 6.07) is 11.0. The molecule has 0 amide bonds. The Kier molecular flexibility index (Phi) is 5.79. The Hall–Kier alpha value is -3.89. The third-order valence-corrected chi connectivity index (χ3v) is 5.13. The molecule has 4 rings (SSSR count). The van der Waals surface area contributed by atoms with E-state index in [2.05, 4.69) is 10.3 Å². The van der Waals surface area contributed by atoms with Crippen molar-refractivity contribution in [2.24, 2.45) is 11.1 Å². The van der Waals surface area contributed by atoms with E-state index in [1.165, 1.54) is 19.2 Å². The maximum atomic E-state index is 14.1. The number of rotatable bonds is 5. The van der Waals surface area contributed by atoms with Gasteiger partial charge in [-0.05, 0) is 42.5 Å². The van der Waals surface area contributed by atoms with E-state index in [1.807, 2.05) is 0 Å². The average Bonchev–Trinajstić information content (AvgIpc) is 3.43. The van der Waals surface area contributed by atoms with Crippen LogP contribution in [0.15, 0.2) is 59.9 Å². The number of oxime groups is 1. The van der Waals surface area contributed by atoms with Crippen molar-refractivity contribution in [3.8, 4) is 11.4 Å². The Morgan fingerprint density at radius 2 is 1.85 bits per heavy atom. The lowest BCUT2D eigenvalue weighted by Crippen LogP contribution is -2.29. The minimum Gasteiger partial charge on any atom is -0.497 e. The van der Waals surface area contributed by atoms with Crippen molar-refractivity contribution in [3.63, 3.8) is 0 Å². The fourth-order valence-electron chi connectivity index (χ4n) is 3.62. The van der Waals surface area contributed by atoms with Crippen molar-refractivity contribution in [1.82, 2.24) is 9.78 Å². The molecule has 7 nitrogen and oxygen atoms in total. The number of benzene rings is 2. The molecule has 0 spiro atoms. The largest absolute Gasteiger partial charge is 0.497 e. The predicted molar refractivity (Wildman–Crippen MR) is 107 cm³/mol. The van der Waals surface area contributed by atoms with Crippen LogP contribution in [0.1, 0.15) is 22.9 Å². The number of carbonyl (C=O) groups is 1. The maximum Gasteiger partial charge on any atom is 0.433 e. The highest BCUT2D eigenvalue weighted by molar-refractivity contribution is 6.13. The van der Waals surface area contributed by atoms with Crippen molar-refractivity contribution in [2.45, 2.75) is 12.3 Å². The topological polar surface area (TPSA) is 74.9 Å². The van der Waals surface area contributed by atoms with Gasteiger partial charge in [0.05, 0.1) is 26.1 Å². The number of hydrogen-bond acceptors (Lipinski definition) is 6. The summed E-state index contributed by atoms with van der Waals surface area (Å²) in [6.45, 7) is 0. The second kappa shape index (κ2) is 8.57. The number of methoxy groups -OCH3 is 2. The fraction of sp³-hybridized carbons (Fsp3) is 0.227. The molecular formula is C22H17F4N3O4. The van der Waals surface area contributed by atoms with Crippen molar-refractivity contribution >= 4 is 11.7 Å². The highest BCUT2D eigenvalue weighted by atomic mass is 19.4. The summed E-state index contributed by atoms with van der Waals surface area (Å²) < 4.78 is 66.5. The Balaban J connectivity index is 1.80. The predicted octanol–water partition coefficient (Wildman–Crippen LogP) is 4.30. The van der Waals surface area contributed by atoms with Gasteiger partial charge in [-0.25, -0.2) is 9.07 Å². The van der Waals surface area contributed by atoms with E-state index in [0.717, 1.165) is 25.4 Å². The molecule has 0 fully saturated rings. The van der Waals surface area contributed by atoms with Crippen LogP contribution in [-0.4, -0.2) is 35.7 Å². The third-order valence-electron chi connectivity index (χ3n) is 5.13. The molecule has 11 heteroatoms. The van der Waals surface area contributed by atoms with E-state index >= 15 is 0 Å². The minimum atomic E-state index is -4.90. The molecule has 33 heavy (non-hydrogen) atoms. The van der Waals surface area contributed by atoms with E-state index < -0.39 is 41.2 Å². The fourth-order valence-corrected chi connectivity index (χ4v) is 3.62. The molecule has 1 aromatic heterocycles. The van der Waals surface area contributed by atoms with Gasteiger partial charge >= 0.3 is 12.1 Å². The van der Waals surface area contributed by atoms with Gasteiger partial charge < -0.3 is 14.3 Å². The van der Waals surface area contributed by atoms with Gasteiger partial charge in [0, 0.05) is 11.1 Å². The van der Waals surface area contributed by atoms with Gasteiger partial charge in [-0.2, -0.15) is 18.3 Å². The van der Waals surface area contributed by atoms with E-state index in [1.54, 1.807) is 24.3 Å². The van der Waals surface area contributed by atoms with Crippen molar-refractivity contribution < 1.29 is 36.7 Å². The van der Waals surface area contributed by atoms with E-state index in [-0.39, 0.29) is 11.4 Å². The molecule has 2 atom stereocenters. The van der Waals surface area contributed by atoms with E-state index in [9.17, 15) is 22.4 Å². The Morgan fingerprint density at radius 1 is 1.12 bits per heavy atom. The van der Waals surface area contributed by atoms with Crippen LogP contribution in [-0.2, 0) is 20.5 Å². The van der Waals surface area contributed by atoms with E-state index in [4.69, 9.17) is 14.3 Å². The molecule has 0 saturated carbocycles. The normalized spacial score (nSPS) is 17.9. The number of esters is 1. The van der Waals surface area contributed by atoms with Crippen molar-refractivity contribution in [2.75, 3.05) is 14.2 Å². The van der Waals surface area contributed by atoms with Gasteiger partial charge in [-0.15, -0.1) is 0 Å². The first-order valence-electron chi connectivity index (χ1n) is 9.61. The molecule has 0 saturated heterocycles. The van der Waals surface area contributed by atoms with E-state index in [0.29, 0.717) is 16.0 Å². The SMILES string of the molecule is COC(=O)C1C(c2ccc(OC)cc2)=NOC1c1cnn(-c2cccc(F)c2)c1C(F)(F)F. The number of nitrogens with zero attached hydrogens (tertiary/aromatic N) is 3. The smallest absolute Gasteiger partial charge is 0.433 e. The van der Waals surface area contributed by atoms with Gasteiger partial charge in [0.1, 0.15) is 23.2 Å². The molecule has 0 bridgehead atoms. The van der Waals surface area contributed by atoms with Gasteiger partial charge in [0.15, 0.2) is 11.8 Å². The number of halogens is 4. The van der Waals surface area contributed by atoms with Crippen LogP contribution in [0.25, 0.3) is 5.69 Å². The molecular weight excluding hydrogens is 446 g/mol. The molecule has 2 heterocycles. The minimum absolute atomic E-state index is 0.0983. The van der Waals surface area contributed by atoms with Crippen molar-refractivity contribution in [1.29, 1.82) is 0 Å². The Bertz CT molecular complexity index is 1210. The van der Waals surface area contributed by atoms with Crippen LogP contribution >= 0.6 is 0 Å². The second-order valence-electron chi connectivity index (χ2n) is 7.07. The molecule has 0 radical (unpaired) electrons. The summed E-state index contributed by atoms with van der Waals surface area (Å²) >= 11 is 0. The first-order valence-corrected chi connectivity index (χ1v) is 9.61. The second-order valence-corrected chi connectivity index (χ2v) is 7.07. The summed E-state index contributed by atoms with van der Waals surface area (Å²) in [7, 11) is 2.59. The monoisotopic (exact) mass is 463 g/mol. The van der Waals surface area contributed by atoms with Gasteiger partial charge in [-0.3, -0.25) is 4.79 Å². The lowest BCUT2D eigenvalue weighted by molar-refractivity contribution is -0.150. The van der Waals surface area contributed by atoms with Crippen LogP contribution < -0.4 is 4.74 Å². The standard InChI is InChI=1S/C22H17F4N3O4/c1-31-15-8-6-12(7-9-15)18-17(21(30)32-2)19(33-28-18)16-11-27-29(20(16)22(24,25)26)14-5-3-4-13(23)10-14/h3-11,17,19H,1-2H3. The summed E-state index contributed by atoms with van der Waals surface area (Å²) in [5, 5.41) is 7.71. The van der Waals surface area contributed by atoms with Gasteiger partial charge in [0.2, 0.25) is 0 Å². The highest BCUT2D eigenvalue weighted by Gasteiger charge is 2.49. The molecule has 172 valence electrons. The molecule has 0 aliphatic carbocycles. The summed E-state index contributed by atoms with van der Waals surface area (Å²) in [6.07, 6.45) is -5.43. The first kappa shape index (κ1) is 22.3. The van der Waals surface area contributed by atoms with Crippen LogP contribution in [0, 0.1) is 11.7 Å². The Morgan fingerprint density at radius 3 is 2.45 bits per heavy atom. The zero-order valence-electron chi connectivity index (χ0n) is 17.3. The van der Waals surface area contributed by atoms with Crippen LogP contribution in [0.3, 0.4) is 0 Å². The summed E-state index contributed by atoms with van der Waals surface area (Å²) in [4.78, 5) is 18.0. The van der Waals surface area contributed by atoms with Crippen LogP contribution in [0.5, 0.6) is 5.75 Å². The van der Waals surface area contributed by atoms with Crippen molar-refractivity contribution in [3.05, 3.63) is 77.4 Å². The highest BCUT2D eigenvalue weighted by Crippen LogP contribution is 2.43. The number of alkyl halides is 3. The molecule has 3 aromatic rings. The first-order chi connectivity index (χ1) is 15.7. The zero-order chi connectivity index (χ0) is 23.8. The Labute approximate surface area is 185 Å². The zero-order valence-corrected chi connectivity index (χ0v) is 17.3. The summed E-state index contributed by atoms with van der Waals surface area (Å²) in [5.41, 5.74) is -1.24. The molecule has 1 aliphatic rings. The van der Waals surface area contributed by atoms with Crippen LogP contribution in [0.4, 0.5) is 17.6 Å². The molecule has 2 unspecified atom stereocenters. The molecule has 0 N–H and O–H groups in total.